The van der Waals surface area contributed by atoms with E-state index < -0.39 is 6.17 Å². The van der Waals surface area contributed by atoms with Crippen LogP contribution in [0.5, 0.6) is 0 Å². The standard InChI is InChI=1S/C17H34FN/c1-7-9-11-15(10-8-2)13(5)17(18)16(12(3)4)14(6)19/h12-13,15,17H,7-11,19H2,1-6H3/b16-14-. The monoisotopic (exact) mass is 271 g/mol. The van der Waals surface area contributed by atoms with Gasteiger partial charge in [0.25, 0.3) is 0 Å². The van der Waals surface area contributed by atoms with Crippen molar-refractivity contribution in [2.24, 2.45) is 23.5 Å². The largest absolute Gasteiger partial charge is 0.402 e. The maximum atomic E-state index is 14.8. The quantitative estimate of drug-likeness (QED) is 0.592. The van der Waals surface area contributed by atoms with Gasteiger partial charge in [-0.1, -0.05) is 66.7 Å². The second-order valence-electron chi connectivity index (χ2n) is 6.24. The molecule has 0 amide bonds. The molecule has 0 aliphatic heterocycles. The molecule has 0 aliphatic rings. The van der Waals surface area contributed by atoms with Gasteiger partial charge in [0.15, 0.2) is 0 Å². The van der Waals surface area contributed by atoms with Gasteiger partial charge < -0.3 is 5.73 Å². The topological polar surface area (TPSA) is 26.0 Å². The summed E-state index contributed by atoms with van der Waals surface area (Å²) in [6, 6.07) is 0. The minimum atomic E-state index is -0.890. The van der Waals surface area contributed by atoms with Crippen molar-refractivity contribution in [2.45, 2.75) is 79.8 Å². The summed E-state index contributed by atoms with van der Waals surface area (Å²) in [7, 11) is 0. The van der Waals surface area contributed by atoms with Crippen LogP contribution in [0.25, 0.3) is 0 Å². The molecule has 0 aromatic heterocycles. The number of hydrogen-bond donors (Lipinski definition) is 1. The van der Waals surface area contributed by atoms with Crippen LogP contribution >= 0.6 is 0 Å². The molecule has 19 heavy (non-hydrogen) atoms. The van der Waals surface area contributed by atoms with Crippen molar-refractivity contribution < 1.29 is 4.39 Å². The van der Waals surface area contributed by atoms with Crippen LogP contribution in [-0.2, 0) is 0 Å². The normalized spacial score (nSPS) is 18.1. The van der Waals surface area contributed by atoms with Gasteiger partial charge in [-0.15, -0.1) is 0 Å². The summed E-state index contributed by atoms with van der Waals surface area (Å²) in [6.07, 6.45) is 4.89. The van der Waals surface area contributed by atoms with E-state index in [2.05, 4.69) is 20.8 Å². The van der Waals surface area contributed by atoms with Crippen LogP contribution in [0.15, 0.2) is 11.3 Å². The Balaban J connectivity index is 4.90. The van der Waals surface area contributed by atoms with E-state index in [9.17, 15) is 4.39 Å². The number of halogens is 1. The summed E-state index contributed by atoms with van der Waals surface area (Å²) in [5.74, 6) is 0.742. The van der Waals surface area contributed by atoms with Gasteiger partial charge in [-0.25, -0.2) is 4.39 Å². The molecule has 0 aliphatic carbocycles. The molecule has 0 heterocycles. The average Bonchev–Trinajstić information content (AvgIpc) is 2.32. The highest BCUT2D eigenvalue weighted by molar-refractivity contribution is 5.17. The molecule has 0 spiro atoms. The van der Waals surface area contributed by atoms with E-state index >= 15 is 0 Å². The maximum Gasteiger partial charge on any atom is 0.126 e. The molecule has 114 valence electrons. The van der Waals surface area contributed by atoms with Crippen LogP contribution in [0.1, 0.15) is 73.6 Å². The lowest BCUT2D eigenvalue weighted by atomic mass is 9.78. The Morgan fingerprint density at radius 1 is 1.05 bits per heavy atom. The van der Waals surface area contributed by atoms with Crippen LogP contribution < -0.4 is 5.73 Å². The molecule has 0 bridgehead atoms. The van der Waals surface area contributed by atoms with E-state index in [1.165, 1.54) is 12.8 Å². The lowest BCUT2D eigenvalue weighted by Gasteiger charge is -2.30. The van der Waals surface area contributed by atoms with Crippen molar-refractivity contribution in [3.05, 3.63) is 11.3 Å². The van der Waals surface area contributed by atoms with Crippen molar-refractivity contribution >= 4 is 0 Å². The van der Waals surface area contributed by atoms with Gasteiger partial charge >= 0.3 is 0 Å². The van der Waals surface area contributed by atoms with Crippen LogP contribution in [0.2, 0.25) is 0 Å². The number of allylic oxidation sites excluding steroid dienone is 2. The SMILES string of the molecule is CCCCC(CCC)C(C)C(F)/C(=C(/C)N)C(C)C. The van der Waals surface area contributed by atoms with Crippen molar-refractivity contribution in [2.75, 3.05) is 0 Å². The molecule has 1 nitrogen and oxygen atoms in total. The molecule has 0 saturated carbocycles. The van der Waals surface area contributed by atoms with Gasteiger partial charge in [-0.05, 0) is 30.3 Å². The Morgan fingerprint density at radius 3 is 2.00 bits per heavy atom. The van der Waals surface area contributed by atoms with E-state index in [4.69, 9.17) is 5.73 Å². The van der Waals surface area contributed by atoms with Crippen molar-refractivity contribution in [1.29, 1.82) is 0 Å². The first-order valence-corrected chi connectivity index (χ1v) is 7.96. The molecule has 3 unspecified atom stereocenters. The third-order valence-corrected chi connectivity index (χ3v) is 4.17. The van der Waals surface area contributed by atoms with E-state index in [0.29, 0.717) is 11.6 Å². The number of alkyl halides is 1. The molecular formula is C17H34FN. The molecule has 0 saturated heterocycles. The molecule has 0 fully saturated rings. The zero-order chi connectivity index (χ0) is 15.0. The molecular weight excluding hydrogens is 237 g/mol. The predicted octanol–water partition coefficient (Wildman–Crippen LogP) is 5.46. The third kappa shape index (κ3) is 5.97. The van der Waals surface area contributed by atoms with E-state index in [1.807, 2.05) is 20.8 Å². The van der Waals surface area contributed by atoms with E-state index in [1.54, 1.807) is 0 Å². The summed E-state index contributed by atoms with van der Waals surface area (Å²) < 4.78 is 14.8. The number of unbranched alkanes of at least 4 members (excludes halogenated alkanes) is 1. The Bertz CT molecular complexity index is 266. The highest BCUT2D eigenvalue weighted by Crippen LogP contribution is 2.33. The van der Waals surface area contributed by atoms with Gasteiger partial charge in [-0.2, -0.15) is 0 Å². The van der Waals surface area contributed by atoms with Gasteiger partial charge in [0.2, 0.25) is 0 Å². The summed E-state index contributed by atoms with van der Waals surface area (Å²) in [5.41, 5.74) is 7.37. The average molecular weight is 271 g/mol. The highest BCUT2D eigenvalue weighted by Gasteiger charge is 2.29. The Kier molecular flexibility index (Phi) is 9.12. The predicted molar refractivity (Wildman–Crippen MR) is 83.7 cm³/mol. The second kappa shape index (κ2) is 9.39. The highest BCUT2D eigenvalue weighted by atomic mass is 19.1. The minimum Gasteiger partial charge on any atom is -0.402 e. The van der Waals surface area contributed by atoms with E-state index in [-0.39, 0.29) is 11.8 Å². The first-order chi connectivity index (χ1) is 8.86. The molecule has 0 radical (unpaired) electrons. The van der Waals surface area contributed by atoms with Crippen LogP contribution in [-0.4, -0.2) is 6.17 Å². The lowest BCUT2D eigenvalue weighted by molar-refractivity contribution is 0.180. The first kappa shape index (κ1) is 18.5. The molecule has 0 aromatic rings. The summed E-state index contributed by atoms with van der Waals surface area (Å²) in [5, 5.41) is 0. The zero-order valence-corrected chi connectivity index (χ0v) is 13.8. The first-order valence-electron chi connectivity index (χ1n) is 7.96. The van der Waals surface area contributed by atoms with Gasteiger partial charge in [0.05, 0.1) is 0 Å². The van der Waals surface area contributed by atoms with Crippen molar-refractivity contribution in [1.82, 2.24) is 0 Å². The third-order valence-electron chi connectivity index (χ3n) is 4.17. The maximum absolute atomic E-state index is 14.8. The smallest absolute Gasteiger partial charge is 0.126 e. The van der Waals surface area contributed by atoms with Crippen LogP contribution in [0.4, 0.5) is 4.39 Å². The van der Waals surface area contributed by atoms with Crippen molar-refractivity contribution in [3.8, 4) is 0 Å². The van der Waals surface area contributed by atoms with Crippen LogP contribution in [0.3, 0.4) is 0 Å². The summed E-state index contributed by atoms with van der Waals surface area (Å²) in [4.78, 5) is 0. The van der Waals surface area contributed by atoms with Crippen molar-refractivity contribution in [3.63, 3.8) is 0 Å². The molecule has 2 heteroatoms. The fourth-order valence-electron chi connectivity index (χ4n) is 3.02. The molecule has 0 aromatic carbocycles. The number of hydrogen-bond acceptors (Lipinski definition) is 1. The van der Waals surface area contributed by atoms with Gasteiger partial charge in [0, 0.05) is 5.70 Å². The lowest BCUT2D eigenvalue weighted by Crippen LogP contribution is -2.28. The minimum absolute atomic E-state index is 0.0717. The zero-order valence-electron chi connectivity index (χ0n) is 13.8. The van der Waals surface area contributed by atoms with E-state index in [0.717, 1.165) is 24.8 Å². The second-order valence-corrected chi connectivity index (χ2v) is 6.24. The van der Waals surface area contributed by atoms with Gasteiger partial charge in [-0.3, -0.25) is 0 Å². The number of rotatable bonds is 9. The van der Waals surface area contributed by atoms with Gasteiger partial charge in [0.1, 0.15) is 6.17 Å². The molecule has 0 rings (SSSR count). The molecule has 3 atom stereocenters. The number of nitrogens with two attached hydrogens (primary N) is 1. The Morgan fingerprint density at radius 2 is 1.63 bits per heavy atom. The fraction of sp³-hybridized carbons (Fsp3) is 0.882. The molecule has 2 N–H and O–H groups in total. The Labute approximate surface area is 119 Å². The Hall–Kier alpha value is -0.530. The summed E-state index contributed by atoms with van der Waals surface area (Å²) in [6.45, 7) is 12.3. The summed E-state index contributed by atoms with van der Waals surface area (Å²) >= 11 is 0. The fourth-order valence-corrected chi connectivity index (χ4v) is 3.02. The van der Waals surface area contributed by atoms with Crippen LogP contribution in [0, 0.1) is 17.8 Å².